The number of unbranched alkanes of at least 4 members (excludes halogenated alkanes) is 21. The molecule has 0 fully saturated rings. The van der Waals surface area contributed by atoms with Crippen molar-refractivity contribution in [2.75, 3.05) is 13.2 Å². The molecular weight excluding hydrogens is 745 g/mol. The maximum Gasteiger partial charge on any atom is 0.306 e. The van der Waals surface area contributed by atoms with E-state index in [0.29, 0.717) is 19.3 Å². The van der Waals surface area contributed by atoms with Gasteiger partial charge in [0, 0.05) is 19.3 Å². The molecule has 344 valence electrons. The van der Waals surface area contributed by atoms with Gasteiger partial charge in [0.1, 0.15) is 13.2 Å². The second-order valence-corrected chi connectivity index (χ2v) is 16.3. The number of allylic oxidation sites excluding steroid dienone is 12. The molecule has 0 rings (SSSR count). The summed E-state index contributed by atoms with van der Waals surface area (Å²) in [5.74, 6) is -0.944. The van der Waals surface area contributed by atoms with Crippen LogP contribution in [0.2, 0.25) is 0 Å². The van der Waals surface area contributed by atoms with Crippen LogP contribution in [0.15, 0.2) is 72.9 Å². The Hall–Kier alpha value is -3.15. The molecule has 0 saturated heterocycles. The van der Waals surface area contributed by atoms with E-state index in [1.807, 2.05) is 0 Å². The number of hydrogen-bond donors (Lipinski definition) is 0. The monoisotopic (exact) mass is 837 g/mol. The normalized spacial score (nSPS) is 12.7. The fourth-order valence-corrected chi connectivity index (χ4v) is 6.76. The quantitative estimate of drug-likeness (QED) is 0.0263. The molecule has 0 aromatic rings. The molecule has 0 spiro atoms. The Kier molecular flexibility index (Phi) is 46.0. The zero-order valence-corrected chi connectivity index (χ0v) is 39.2. The molecule has 0 aromatic heterocycles. The van der Waals surface area contributed by atoms with E-state index in [4.69, 9.17) is 14.2 Å². The van der Waals surface area contributed by atoms with Gasteiger partial charge in [-0.05, 0) is 83.5 Å². The fraction of sp³-hybridized carbons (Fsp3) is 0.722. The van der Waals surface area contributed by atoms with Crippen molar-refractivity contribution < 1.29 is 28.6 Å². The van der Waals surface area contributed by atoms with Crippen molar-refractivity contribution in [2.45, 2.75) is 239 Å². The highest BCUT2D eigenvalue weighted by molar-refractivity contribution is 5.71. The third-order valence-corrected chi connectivity index (χ3v) is 10.5. The maximum absolute atomic E-state index is 12.8. The van der Waals surface area contributed by atoms with Crippen LogP contribution in [0.25, 0.3) is 0 Å². The number of esters is 3. The van der Waals surface area contributed by atoms with Crippen LogP contribution in [0.3, 0.4) is 0 Å². The van der Waals surface area contributed by atoms with Gasteiger partial charge in [0.25, 0.3) is 0 Å². The number of hydrogen-bond acceptors (Lipinski definition) is 6. The van der Waals surface area contributed by atoms with E-state index in [2.05, 4.69) is 93.7 Å². The lowest BCUT2D eigenvalue weighted by atomic mass is 10.0. The summed E-state index contributed by atoms with van der Waals surface area (Å²) < 4.78 is 16.7. The van der Waals surface area contributed by atoms with E-state index >= 15 is 0 Å². The van der Waals surface area contributed by atoms with Gasteiger partial charge in [0.15, 0.2) is 6.10 Å². The number of ether oxygens (including phenoxy) is 3. The zero-order valence-electron chi connectivity index (χ0n) is 39.2. The van der Waals surface area contributed by atoms with E-state index in [1.165, 1.54) is 89.9 Å². The Morgan fingerprint density at radius 2 is 0.650 bits per heavy atom. The third-order valence-electron chi connectivity index (χ3n) is 10.5. The largest absolute Gasteiger partial charge is 0.462 e. The lowest BCUT2D eigenvalue weighted by Gasteiger charge is -2.18. The molecule has 0 aromatic carbocycles. The van der Waals surface area contributed by atoms with E-state index < -0.39 is 6.10 Å². The first-order valence-corrected chi connectivity index (χ1v) is 24.9. The second kappa shape index (κ2) is 48.5. The Labute approximate surface area is 370 Å². The average molecular weight is 837 g/mol. The van der Waals surface area contributed by atoms with Crippen molar-refractivity contribution in [1.82, 2.24) is 0 Å². The highest BCUT2D eigenvalue weighted by Gasteiger charge is 2.19. The summed E-state index contributed by atoms with van der Waals surface area (Å²) in [5, 5.41) is 0. The van der Waals surface area contributed by atoms with Crippen LogP contribution in [0, 0.1) is 0 Å². The van der Waals surface area contributed by atoms with Crippen molar-refractivity contribution in [3.63, 3.8) is 0 Å². The van der Waals surface area contributed by atoms with Gasteiger partial charge in [-0.25, -0.2) is 0 Å². The topological polar surface area (TPSA) is 78.9 Å². The lowest BCUT2D eigenvalue weighted by molar-refractivity contribution is -0.167. The molecule has 0 aliphatic heterocycles. The molecule has 0 heterocycles. The van der Waals surface area contributed by atoms with Crippen LogP contribution in [-0.4, -0.2) is 37.2 Å². The SMILES string of the molecule is CC/C=C\C/C=C\C/C=C\CCCCCCCCC(=O)OCC(COC(=O)CCCC/C=C\C/C=C\C/C=C\CC)OC(=O)CCCCCCCCCCCCCCCC. The molecule has 0 aliphatic carbocycles. The van der Waals surface area contributed by atoms with Gasteiger partial charge in [-0.1, -0.05) is 203 Å². The minimum absolute atomic E-state index is 0.0933. The van der Waals surface area contributed by atoms with Crippen molar-refractivity contribution in [2.24, 2.45) is 0 Å². The summed E-state index contributed by atoms with van der Waals surface area (Å²) in [6, 6.07) is 0. The van der Waals surface area contributed by atoms with Gasteiger partial charge in [0.2, 0.25) is 0 Å². The molecule has 0 aliphatic rings. The van der Waals surface area contributed by atoms with E-state index in [1.54, 1.807) is 0 Å². The first-order chi connectivity index (χ1) is 29.5. The van der Waals surface area contributed by atoms with Crippen LogP contribution in [0.4, 0.5) is 0 Å². The highest BCUT2D eigenvalue weighted by atomic mass is 16.6. The van der Waals surface area contributed by atoms with E-state index in [0.717, 1.165) is 103 Å². The molecule has 60 heavy (non-hydrogen) atoms. The minimum atomic E-state index is -0.793. The molecule has 0 radical (unpaired) electrons. The van der Waals surface area contributed by atoms with Crippen LogP contribution >= 0.6 is 0 Å². The van der Waals surface area contributed by atoms with Crippen molar-refractivity contribution in [3.05, 3.63) is 72.9 Å². The number of rotatable bonds is 44. The standard InChI is InChI=1S/C54H92O6/c1-4-7-10-13-16-19-22-25-27-28-30-32-35-38-41-44-47-53(56)59-50-51(49-58-52(55)46-43-40-37-34-31-24-21-18-15-12-9-6-3)60-54(57)48-45-42-39-36-33-29-26-23-20-17-14-11-8-5-2/h7,9-10,12,16,18-19,21,25,27,31,34,51H,4-6,8,11,13-15,17,20,22-24,26,28-30,32-33,35-50H2,1-3H3/b10-7-,12-9-,19-16-,21-18-,27-25-,34-31-. The molecule has 0 bridgehead atoms. The van der Waals surface area contributed by atoms with Crippen molar-refractivity contribution >= 4 is 17.9 Å². The van der Waals surface area contributed by atoms with Crippen LogP contribution in [-0.2, 0) is 28.6 Å². The summed E-state index contributed by atoms with van der Waals surface area (Å²) in [6.45, 7) is 6.36. The highest BCUT2D eigenvalue weighted by Crippen LogP contribution is 2.15. The number of carbonyl (C=O) groups excluding carboxylic acids is 3. The number of carbonyl (C=O) groups is 3. The van der Waals surface area contributed by atoms with Crippen LogP contribution in [0.1, 0.15) is 233 Å². The van der Waals surface area contributed by atoms with Gasteiger partial charge in [0.05, 0.1) is 0 Å². The maximum atomic E-state index is 12.8. The molecule has 6 nitrogen and oxygen atoms in total. The Morgan fingerprint density at radius 3 is 1.05 bits per heavy atom. The Morgan fingerprint density at radius 1 is 0.350 bits per heavy atom. The molecule has 0 amide bonds. The van der Waals surface area contributed by atoms with Gasteiger partial charge in [-0.15, -0.1) is 0 Å². The fourth-order valence-electron chi connectivity index (χ4n) is 6.76. The van der Waals surface area contributed by atoms with Gasteiger partial charge in [-0.3, -0.25) is 14.4 Å². The molecule has 1 unspecified atom stereocenters. The zero-order chi connectivity index (χ0) is 43.7. The predicted octanol–water partition coefficient (Wildman–Crippen LogP) is 16.3. The van der Waals surface area contributed by atoms with E-state index in [-0.39, 0.29) is 31.1 Å². The third kappa shape index (κ3) is 45.9. The summed E-state index contributed by atoms with van der Waals surface area (Å²) in [5.41, 5.74) is 0. The summed E-state index contributed by atoms with van der Waals surface area (Å²) in [7, 11) is 0. The van der Waals surface area contributed by atoms with Crippen molar-refractivity contribution in [3.8, 4) is 0 Å². The van der Waals surface area contributed by atoms with Gasteiger partial charge >= 0.3 is 17.9 Å². The van der Waals surface area contributed by atoms with Gasteiger partial charge in [-0.2, -0.15) is 0 Å². The average Bonchev–Trinajstić information content (AvgIpc) is 3.24. The minimum Gasteiger partial charge on any atom is -0.462 e. The molecule has 0 N–H and O–H groups in total. The second-order valence-electron chi connectivity index (χ2n) is 16.3. The lowest BCUT2D eigenvalue weighted by Crippen LogP contribution is -2.30. The molecule has 1 atom stereocenters. The Bertz CT molecular complexity index is 1140. The molecular formula is C54H92O6. The molecule has 0 saturated carbocycles. The first kappa shape index (κ1) is 56.9. The Balaban J connectivity index is 4.43. The van der Waals surface area contributed by atoms with E-state index in [9.17, 15) is 14.4 Å². The summed E-state index contributed by atoms with van der Waals surface area (Å²) >= 11 is 0. The predicted molar refractivity (Wildman–Crippen MR) is 256 cm³/mol. The van der Waals surface area contributed by atoms with Crippen LogP contribution in [0.5, 0.6) is 0 Å². The van der Waals surface area contributed by atoms with Crippen molar-refractivity contribution in [1.29, 1.82) is 0 Å². The smallest absolute Gasteiger partial charge is 0.306 e. The summed E-state index contributed by atoms with van der Waals surface area (Å²) in [6.07, 6.45) is 60.3. The van der Waals surface area contributed by atoms with Crippen LogP contribution < -0.4 is 0 Å². The first-order valence-electron chi connectivity index (χ1n) is 24.9. The van der Waals surface area contributed by atoms with Gasteiger partial charge < -0.3 is 14.2 Å². The summed E-state index contributed by atoms with van der Waals surface area (Å²) in [4.78, 5) is 37.9. The molecule has 6 heteroatoms.